The van der Waals surface area contributed by atoms with Crippen molar-refractivity contribution in [3.05, 3.63) is 34.3 Å². The summed E-state index contributed by atoms with van der Waals surface area (Å²) in [5.74, 6) is -0.400. The first kappa shape index (κ1) is 10.2. The summed E-state index contributed by atoms with van der Waals surface area (Å²) in [6, 6.07) is 1.63. The quantitative estimate of drug-likeness (QED) is 0.766. The van der Waals surface area contributed by atoms with Gasteiger partial charge in [0.05, 0.1) is 0 Å². The van der Waals surface area contributed by atoms with Crippen LogP contribution in [0.3, 0.4) is 0 Å². The molecule has 15 heavy (non-hydrogen) atoms. The number of carbonyl (C=O) groups is 1. The van der Waals surface area contributed by atoms with Crippen LogP contribution in [0.25, 0.3) is 0 Å². The van der Waals surface area contributed by atoms with Crippen molar-refractivity contribution in [2.75, 3.05) is 0 Å². The molecule has 0 fully saturated rings. The molecule has 2 heterocycles. The van der Waals surface area contributed by atoms with Crippen LogP contribution >= 0.6 is 23.2 Å². The lowest BCUT2D eigenvalue weighted by Gasteiger charge is -1.98. The van der Waals surface area contributed by atoms with Crippen molar-refractivity contribution in [1.29, 1.82) is 0 Å². The molecule has 2 rings (SSSR count). The van der Waals surface area contributed by atoms with Gasteiger partial charge in [0.1, 0.15) is 10.7 Å². The molecule has 0 radical (unpaired) electrons. The fourth-order valence-electron chi connectivity index (χ4n) is 1.15. The molecule has 0 aromatic carbocycles. The van der Waals surface area contributed by atoms with Gasteiger partial charge < -0.3 is 0 Å². The Morgan fingerprint density at radius 2 is 2.20 bits per heavy atom. The van der Waals surface area contributed by atoms with Gasteiger partial charge in [0.15, 0.2) is 5.15 Å². The summed E-state index contributed by atoms with van der Waals surface area (Å²) < 4.78 is 2.48. The first-order valence-electron chi connectivity index (χ1n) is 4.03. The Bertz CT molecular complexity index is 503. The summed E-state index contributed by atoms with van der Waals surface area (Å²) in [6.45, 7) is 0. The van der Waals surface area contributed by atoms with Crippen molar-refractivity contribution in [2.24, 2.45) is 7.05 Å². The van der Waals surface area contributed by atoms with E-state index in [1.165, 1.54) is 17.1 Å². The van der Waals surface area contributed by atoms with Gasteiger partial charge in [0, 0.05) is 19.4 Å². The Balaban J connectivity index is 2.51. The largest absolute Gasteiger partial charge is 0.284 e. The van der Waals surface area contributed by atoms with Gasteiger partial charge >= 0.3 is 0 Å². The van der Waals surface area contributed by atoms with Gasteiger partial charge in [-0.2, -0.15) is 10.2 Å². The summed E-state index contributed by atoms with van der Waals surface area (Å²) >= 11 is 11.7. The van der Waals surface area contributed by atoms with Crippen LogP contribution in [0.2, 0.25) is 10.3 Å². The molecule has 0 N–H and O–H groups in total. The van der Waals surface area contributed by atoms with Gasteiger partial charge in [-0.05, 0) is 6.07 Å². The lowest BCUT2D eigenvalue weighted by molar-refractivity contribution is 0.0945. The number of halogens is 2. The average molecular weight is 245 g/mol. The molecule has 0 spiro atoms. The summed E-state index contributed by atoms with van der Waals surface area (Å²) in [5, 5.41) is 7.89. The van der Waals surface area contributed by atoms with Crippen LogP contribution in [0.1, 0.15) is 10.4 Å². The summed E-state index contributed by atoms with van der Waals surface area (Å²) in [5.41, 5.74) is 0.157. The predicted molar refractivity (Wildman–Crippen MR) is 55.2 cm³/mol. The van der Waals surface area contributed by atoms with E-state index in [2.05, 4.69) is 10.2 Å². The van der Waals surface area contributed by atoms with Gasteiger partial charge in [-0.25, -0.2) is 4.68 Å². The van der Waals surface area contributed by atoms with E-state index in [0.29, 0.717) is 0 Å². The second-order valence-electron chi connectivity index (χ2n) is 2.84. The van der Waals surface area contributed by atoms with Gasteiger partial charge in [-0.3, -0.25) is 9.48 Å². The fourth-order valence-corrected chi connectivity index (χ4v) is 1.69. The number of carbonyl (C=O) groups excluding carboxylic acids is 1. The molecular weight excluding hydrogens is 239 g/mol. The molecule has 2 aromatic rings. The molecule has 0 amide bonds. The third-order valence-corrected chi connectivity index (χ3v) is 2.56. The summed E-state index contributed by atoms with van der Waals surface area (Å²) in [4.78, 5) is 11.8. The van der Waals surface area contributed by atoms with Crippen LogP contribution in [0.4, 0.5) is 0 Å². The minimum atomic E-state index is -0.400. The van der Waals surface area contributed by atoms with Crippen LogP contribution in [-0.2, 0) is 7.05 Å². The molecule has 0 bridgehead atoms. The molecular formula is C8H6Cl2N4O. The maximum absolute atomic E-state index is 11.8. The Morgan fingerprint density at radius 1 is 1.47 bits per heavy atom. The standard InChI is InChI=1S/C8H6Cl2N4O/c1-13-7(10)5(6(9)12-13)8(15)14-4-2-3-11-14/h2-4H,1H3. The van der Waals surface area contributed by atoms with Crippen molar-refractivity contribution in [1.82, 2.24) is 19.6 Å². The average Bonchev–Trinajstić information content (AvgIpc) is 2.76. The number of hydrogen-bond acceptors (Lipinski definition) is 3. The van der Waals surface area contributed by atoms with E-state index in [9.17, 15) is 4.79 Å². The zero-order valence-electron chi connectivity index (χ0n) is 7.69. The van der Waals surface area contributed by atoms with Gasteiger partial charge in [0.25, 0.3) is 5.91 Å². The SMILES string of the molecule is Cn1nc(Cl)c(C(=O)n2cccn2)c1Cl. The minimum Gasteiger partial charge on any atom is -0.266 e. The smallest absolute Gasteiger partial charge is 0.266 e. The first-order valence-corrected chi connectivity index (χ1v) is 4.79. The molecule has 0 saturated carbocycles. The van der Waals surface area contributed by atoms with Crippen molar-refractivity contribution in [2.45, 2.75) is 0 Å². The minimum absolute atomic E-state index is 0.0722. The van der Waals surface area contributed by atoms with Crippen LogP contribution in [0.15, 0.2) is 18.5 Å². The van der Waals surface area contributed by atoms with Crippen molar-refractivity contribution in [3.8, 4) is 0 Å². The predicted octanol–water partition coefficient (Wildman–Crippen LogP) is 1.61. The molecule has 5 nitrogen and oxygen atoms in total. The van der Waals surface area contributed by atoms with Crippen molar-refractivity contribution >= 4 is 29.1 Å². The number of aryl methyl sites for hydroxylation is 1. The third-order valence-electron chi connectivity index (χ3n) is 1.86. The Morgan fingerprint density at radius 3 is 2.67 bits per heavy atom. The van der Waals surface area contributed by atoms with Gasteiger partial charge in [0.2, 0.25) is 0 Å². The third kappa shape index (κ3) is 1.64. The molecule has 0 saturated heterocycles. The van der Waals surface area contributed by atoms with Gasteiger partial charge in [-0.15, -0.1) is 0 Å². The highest BCUT2D eigenvalue weighted by Crippen LogP contribution is 2.23. The van der Waals surface area contributed by atoms with Crippen molar-refractivity contribution in [3.63, 3.8) is 0 Å². The molecule has 2 aromatic heterocycles. The van der Waals surface area contributed by atoms with Crippen LogP contribution in [-0.4, -0.2) is 25.5 Å². The van der Waals surface area contributed by atoms with E-state index in [1.54, 1.807) is 13.1 Å². The number of aromatic nitrogens is 4. The topological polar surface area (TPSA) is 52.7 Å². The summed E-state index contributed by atoms with van der Waals surface area (Å²) in [7, 11) is 1.61. The zero-order valence-corrected chi connectivity index (χ0v) is 9.20. The van der Waals surface area contributed by atoms with Crippen LogP contribution in [0.5, 0.6) is 0 Å². The van der Waals surface area contributed by atoms with E-state index in [-0.39, 0.29) is 15.9 Å². The lowest BCUT2D eigenvalue weighted by Crippen LogP contribution is -2.12. The van der Waals surface area contributed by atoms with Crippen LogP contribution in [0, 0.1) is 0 Å². The molecule has 0 aliphatic carbocycles. The highest BCUT2D eigenvalue weighted by molar-refractivity contribution is 6.38. The highest BCUT2D eigenvalue weighted by Gasteiger charge is 2.21. The fraction of sp³-hybridized carbons (Fsp3) is 0.125. The Labute approximate surface area is 95.2 Å². The lowest BCUT2D eigenvalue weighted by atomic mass is 10.3. The monoisotopic (exact) mass is 244 g/mol. The van der Waals surface area contributed by atoms with E-state index in [0.717, 1.165) is 4.68 Å². The van der Waals surface area contributed by atoms with E-state index >= 15 is 0 Å². The number of rotatable bonds is 1. The van der Waals surface area contributed by atoms with E-state index < -0.39 is 5.91 Å². The second-order valence-corrected chi connectivity index (χ2v) is 3.55. The van der Waals surface area contributed by atoms with E-state index in [4.69, 9.17) is 23.2 Å². The maximum Gasteiger partial charge on any atom is 0.284 e. The zero-order chi connectivity index (χ0) is 11.0. The molecule has 0 aliphatic heterocycles. The maximum atomic E-state index is 11.8. The number of nitrogens with zero attached hydrogens (tertiary/aromatic N) is 4. The molecule has 0 unspecified atom stereocenters. The summed E-state index contributed by atoms with van der Waals surface area (Å²) in [6.07, 6.45) is 3.01. The Kier molecular flexibility index (Phi) is 2.50. The first-order chi connectivity index (χ1) is 7.11. The van der Waals surface area contributed by atoms with Crippen molar-refractivity contribution < 1.29 is 4.79 Å². The second kappa shape index (κ2) is 3.67. The van der Waals surface area contributed by atoms with E-state index in [1.807, 2.05) is 0 Å². The molecule has 0 atom stereocenters. The molecule has 78 valence electrons. The van der Waals surface area contributed by atoms with Crippen LogP contribution < -0.4 is 0 Å². The highest BCUT2D eigenvalue weighted by atomic mass is 35.5. The Hall–Kier alpha value is -1.33. The normalized spacial score (nSPS) is 10.6. The molecule has 7 heteroatoms. The number of hydrogen-bond donors (Lipinski definition) is 0. The van der Waals surface area contributed by atoms with Gasteiger partial charge in [-0.1, -0.05) is 23.2 Å². The molecule has 0 aliphatic rings.